The van der Waals surface area contributed by atoms with Crippen LogP contribution in [0.3, 0.4) is 0 Å². The topological polar surface area (TPSA) is 106 Å². The van der Waals surface area contributed by atoms with E-state index < -0.39 is 10.0 Å². The van der Waals surface area contributed by atoms with Gasteiger partial charge in [-0.1, -0.05) is 0 Å². The Morgan fingerprint density at radius 2 is 1.85 bits per heavy atom. The molecule has 0 aliphatic rings. The Morgan fingerprint density at radius 3 is 2.35 bits per heavy atom. The molecule has 0 unspecified atom stereocenters. The SMILES string of the molecule is COc1ccc(NS(=O)(=O)c2ccc(NN)nc2)cc1. The van der Waals surface area contributed by atoms with Gasteiger partial charge in [0.25, 0.3) is 10.0 Å². The molecule has 0 aliphatic heterocycles. The maximum Gasteiger partial charge on any atom is 0.263 e. The predicted octanol–water partition coefficient (Wildman–Crippen LogP) is 1.18. The van der Waals surface area contributed by atoms with E-state index in [0.29, 0.717) is 17.3 Å². The van der Waals surface area contributed by atoms with Crippen molar-refractivity contribution in [1.82, 2.24) is 4.98 Å². The highest BCUT2D eigenvalue weighted by atomic mass is 32.2. The minimum Gasteiger partial charge on any atom is -0.497 e. The smallest absolute Gasteiger partial charge is 0.263 e. The molecule has 1 aromatic heterocycles. The van der Waals surface area contributed by atoms with Crippen LogP contribution in [-0.2, 0) is 10.0 Å². The molecule has 0 aliphatic carbocycles. The number of nitrogen functional groups attached to an aromatic ring is 1. The number of hydrogen-bond acceptors (Lipinski definition) is 6. The summed E-state index contributed by atoms with van der Waals surface area (Å²) in [5, 5.41) is 0. The summed E-state index contributed by atoms with van der Waals surface area (Å²) in [6.45, 7) is 0. The molecular weight excluding hydrogens is 280 g/mol. The maximum absolute atomic E-state index is 12.1. The summed E-state index contributed by atoms with van der Waals surface area (Å²) < 4.78 is 31.7. The Balaban J connectivity index is 2.20. The summed E-state index contributed by atoms with van der Waals surface area (Å²) >= 11 is 0. The third-order valence-corrected chi connectivity index (χ3v) is 3.90. The first kappa shape index (κ1) is 14.1. The Morgan fingerprint density at radius 1 is 1.15 bits per heavy atom. The van der Waals surface area contributed by atoms with Crippen molar-refractivity contribution in [2.75, 3.05) is 17.3 Å². The van der Waals surface area contributed by atoms with Gasteiger partial charge in [-0.25, -0.2) is 19.2 Å². The van der Waals surface area contributed by atoms with Crippen molar-refractivity contribution < 1.29 is 13.2 Å². The molecule has 0 fully saturated rings. The summed E-state index contributed by atoms with van der Waals surface area (Å²) in [5.41, 5.74) is 2.76. The second kappa shape index (κ2) is 5.76. The highest BCUT2D eigenvalue weighted by Gasteiger charge is 2.14. The lowest BCUT2D eigenvalue weighted by Gasteiger charge is -2.09. The fraction of sp³-hybridized carbons (Fsp3) is 0.0833. The zero-order valence-electron chi connectivity index (χ0n) is 10.7. The van der Waals surface area contributed by atoms with Crippen molar-refractivity contribution >= 4 is 21.5 Å². The molecule has 0 saturated carbocycles. The van der Waals surface area contributed by atoms with Crippen molar-refractivity contribution in [3.63, 3.8) is 0 Å². The van der Waals surface area contributed by atoms with E-state index in [1.807, 2.05) is 0 Å². The van der Waals surface area contributed by atoms with Gasteiger partial charge in [0.1, 0.15) is 16.5 Å². The highest BCUT2D eigenvalue weighted by Crippen LogP contribution is 2.19. The van der Waals surface area contributed by atoms with E-state index in [1.165, 1.54) is 25.4 Å². The average Bonchev–Trinajstić information content (AvgIpc) is 2.48. The lowest BCUT2D eigenvalue weighted by atomic mass is 10.3. The van der Waals surface area contributed by atoms with Gasteiger partial charge in [0.05, 0.1) is 7.11 Å². The Hall–Kier alpha value is -2.32. The summed E-state index contributed by atoms with van der Waals surface area (Å²) in [4.78, 5) is 3.91. The van der Waals surface area contributed by atoms with Crippen molar-refractivity contribution in [3.8, 4) is 5.75 Å². The number of nitrogens with one attached hydrogen (secondary N) is 2. The molecule has 2 rings (SSSR count). The number of nitrogens with two attached hydrogens (primary N) is 1. The van der Waals surface area contributed by atoms with E-state index in [0.717, 1.165) is 0 Å². The molecule has 4 N–H and O–H groups in total. The molecule has 2 aromatic rings. The molecule has 0 atom stereocenters. The number of hydrogen-bond donors (Lipinski definition) is 3. The van der Waals surface area contributed by atoms with Crippen LogP contribution in [0.4, 0.5) is 11.5 Å². The van der Waals surface area contributed by atoms with Crippen molar-refractivity contribution in [2.45, 2.75) is 4.90 Å². The Labute approximate surface area is 116 Å². The second-order valence-corrected chi connectivity index (χ2v) is 5.54. The number of anilines is 2. The van der Waals surface area contributed by atoms with Gasteiger partial charge in [-0.15, -0.1) is 0 Å². The fourth-order valence-corrected chi connectivity index (χ4v) is 2.50. The maximum atomic E-state index is 12.1. The standard InChI is InChI=1S/C12H14N4O3S/c1-19-10-4-2-9(3-5-10)16-20(17,18)11-6-7-12(15-13)14-8-11/h2-8,16H,13H2,1H3,(H,14,15). The van der Waals surface area contributed by atoms with E-state index in [2.05, 4.69) is 15.1 Å². The zero-order chi connectivity index (χ0) is 14.6. The third kappa shape index (κ3) is 3.16. The van der Waals surface area contributed by atoms with E-state index in [9.17, 15) is 8.42 Å². The molecule has 0 amide bonds. The van der Waals surface area contributed by atoms with Crippen LogP contribution in [0.2, 0.25) is 0 Å². The number of methoxy groups -OCH3 is 1. The second-order valence-electron chi connectivity index (χ2n) is 3.86. The molecule has 20 heavy (non-hydrogen) atoms. The third-order valence-electron chi connectivity index (χ3n) is 2.54. The van der Waals surface area contributed by atoms with Crippen molar-refractivity contribution in [1.29, 1.82) is 0 Å². The summed E-state index contributed by atoms with van der Waals surface area (Å²) in [5.74, 6) is 6.20. The van der Waals surface area contributed by atoms with Crippen molar-refractivity contribution in [3.05, 3.63) is 42.6 Å². The van der Waals surface area contributed by atoms with E-state index in [-0.39, 0.29) is 4.90 Å². The fourth-order valence-electron chi connectivity index (χ4n) is 1.50. The number of rotatable bonds is 5. The molecule has 0 radical (unpaired) electrons. The number of ether oxygens (including phenoxy) is 1. The molecule has 1 heterocycles. The molecule has 8 heteroatoms. The van der Waals surface area contributed by atoms with E-state index in [1.54, 1.807) is 24.3 Å². The molecule has 106 valence electrons. The number of aromatic nitrogens is 1. The lowest BCUT2D eigenvalue weighted by Crippen LogP contribution is -2.14. The molecular formula is C12H14N4O3S. The normalized spacial score (nSPS) is 10.9. The first-order valence-electron chi connectivity index (χ1n) is 5.65. The first-order valence-corrected chi connectivity index (χ1v) is 7.13. The summed E-state index contributed by atoms with van der Waals surface area (Å²) in [6, 6.07) is 9.44. The number of benzene rings is 1. The van der Waals surface area contributed by atoms with Gasteiger partial charge in [0.15, 0.2) is 0 Å². The summed E-state index contributed by atoms with van der Waals surface area (Å²) in [6.07, 6.45) is 1.22. The number of nitrogens with zero attached hydrogens (tertiary/aromatic N) is 1. The monoisotopic (exact) mass is 294 g/mol. The Bertz CT molecular complexity index is 669. The average molecular weight is 294 g/mol. The minimum atomic E-state index is -3.68. The van der Waals surface area contributed by atoms with Gasteiger partial charge in [0, 0.05) is 11.9 Å². The van der Waals surface area contributed by atoms with Crippen LogP contribution in [0.1, 0.15) is 0 Å². The van der Waals surface area contributed by atoms with Crippen LogP contribution in [0.5, 0.6) is 5.75 Å². The number of pyridine rings is 1. The molecule has 0 spiro atoms. The van der Waals surface area contributed by atoms with Gasteiger partial charge in [-0.2, -0.15) is 0 Å². The van der Waals surface area contributed by atoms with Gasteiger partial charge in [0.2, 0.25) is 0 Å². The first-order chi connectivity index (χ1) is 9.55. The van der Waals surface area contributed by atoms with Crippen molar-refractivity contribution in [2.24, 2.45) is 5.84 Å². The highest BCUT2D eigenvalue weighted by molar-refractivity contribution is 7.92. The quantitative estimate of drug-likeness (QED) is 0.564. The summed E-state index contributed by atoms with van der Waals surface area (Å²) in [7, 11) is -2.14. The van der Waals surface area contributed by atoms with Gasteiger partial charge < -0.3 is 10.2 Å². The zero-order valence-corrected chi connectivity index (χ0v) is 11.5. The molecule has 7 nitrogen and oxygen atoms in total. The molecule has 0 saturated heterocycles. The minimum absolute atomic E-state index is 0.0484. The van der Waals surface area contributed by atoms with Crippen LogP contribution in [0.15, 0.2) is 47.5 Å². The Kier molecular flexibility index (Phi) is 4.06. The number of sulfonamides is 1. The van der Waals surface area contributed by atoms with Crippen LogP contribution in [0.25, 0.3) is 0 Å². The largest absolute Gasteiger partial charge is 0.497 e. The van der Waals surface area contributed by atoms with Gasteiger partial charge in [-0.05, 0) is 36.4 Å². The van der Waals surface area contributed by atoms with Gasteiger partial charge in [-0.3, -0.25) is 4.72 Å². The van der Waals surface area contributed by atoms with Crippen LogP contribution >= 0.6 is 0 Å². The molecule has 0 bridgehead atoms. The number of hydrazine groups is 1. The van der Waals surface area contributed by atoms with Crippen LogP contribution in [0, 0.1) is 0 Å². The molecule has 1 aromatic carbocycles. The van der Waals surface area contributed by atoms with E-state index in [4.69, 9.17) is 10.6 Å². The predicted molar refractivity (Wildman–Crippen MR) is 75.8 cm³/mol. The van der Waals surface area contributed by atoms with Gasteiger partial charge >= 0.3 is 0 Å². The van der Waals surface area contributed by atoms with E-state index >= 15 is 0 Å². The lowest BCUT2D eigenvalue weighted by molar-refractivity contribution is 0.415. The van der Waals surface area contributed by atoms with Crippen LogP contribution in [-0.4, -0.2) is 20.5 Å². The van der Waals surface area contributed by atoms with Crippen LogP contribution < -0.4 is 20.7 Å².